The van der Waals surface area contributed by atoms with Crippen molar-refractivity contribution < 1.29 is 9.57 Å². The standard InChI is InChI=1S/C21H19Cl2N3O2/c1-27-25-13-16-11-15-12-17(7-8-21(15)26(16)10-3-2-9-24)28-14-18-19(22)5-4-6-20(18)23/h4-8,11-13H,2-3,10,14H2,1H3. The lowest BCUT2D eigenvalue weighted by Crippen LogP contribution is -2.02. The van der Waals surface area contributed by atoms with Gasteiger partial charge in [-0.05, 0) is 42.8 Å². The molecule has 0 amide bonds. The van der Waals surface area contributed by atoms with E-state index in [1.807, 2.05) is 24.3 Å². The molecule has 0 N–H and O–H groups in total. The number of rotatable bonds is 8. The molecule has 0 fully saturated rings. The number of aromatic nitrogens is 1. The van der Waals surface area contributed by atoms with Crippen molar-refractivity contribution in [2.45, 2.75) is 26.0 Å². The number of aryl methyl sites for hydroxylation is 1. The van der Waals surface area contributed by atoms with E-state index in [1.54, 1.807) is 24.4 Å². The summed E-state index contributed by atoms with van der Waals surface area (Å²) in [7, 11) is 1.50. The van der Waals surface area contributed by atoms with Crippen LogP contribution in [-0.4, -0.2) is 17.9 Å². The molecule has 0 atom stereocenters. The predicted octanol–water partition coefficient (Wildman–Crippen LogP) is 5.81. The summed E-state index contributed by atoms with van der Waals surface area (Å²) in [5, 5.41) is 14.8. The van der Waals surface area contributed by atoms with Crippen LogP contribution < -0.4 is 4.74 Å². The second-order valence-electron chi connectivity index (χ2n) is 6.11. The summed E-state index contributed by atoms with van der Waals surface area (Å²) in [6.45, 7) is 1.00. The molecule has 3 aromatic rings. The van der Waals surface area contributed by atoms with E-state index in [0.29, 0.717) is 22.2 Å². The largest absolute Gasteiger partial charge is 0.489 e. The summed E-state index contributed by atoms with van der Waals surface area (Å²) in [5.74, 6) is 0.716. The lowest BCUT2D eigenvalue weighted by Gasteiger charge is -2.10. The Kier molecular flexibility index (Phi) is 6.80. The molecule has 0 aliphatic carbocycles. The van der Waals surface area contributed by atoms with Crippen molar-refractivity contribution in [1.29, 1.82) is 5.26 Å². The highest BCUT2D eigenvalue weighted by Crippen LogP contribution is 2.28. The normalized spacial score (nSPS) is 11.1. The highest BCUT2D eigenvalue weighted by molar-refractivity contribution is 6.35. The number of oxime groups is 1. The number of benzene rings is 2. The molecule has 7 heteroatoms. The van der Waals surface area contributed by atoms with Crippen LogP contribution in [-0.2, 0) is 18.0 Å². The van der Waals surface area contributed by atoms with E-state index in [-0.39, 0.29) is 6.61 Å². The average molecular weight is 416 g/mol. The number of ether oxygens (including phenoxy) is 1. The topological polar surface area (TPSA) is 59.5 Å². The quantitative estimate of drug-likeness (QED) is 0.265. The number of fused-ring (bicyclic) bond motifs is 1. The van der Waals surface area contributed by atoms with Gasteiger partial charge in [0.2, 0.25) is 0 Å². The van der Waals surface area contributed by atoms with Crippen molar-refractivity contribution in [3.8, 4) is 11.8 Å². The smallest absolute Gasteiger partial charge is 0.120 e. The molecule has 28 heavy (non-hydrogen) atoms. The number of hydrogen-bond donors (Lipinski definition) is 0. The second kappa shape index (κ2) is 9.50. The van der Waals surface area contributed by atoms with Gasteiger partial charge in [0.15, 0.2) is 0 Å². The van der Waals surface area contributed by atoms with Gasteiger partial charge in [0.05, 0.1) is 18.0 Å². The molecule has 0 spiro atoms. The minimum absolute atomic E-state index is 0.283. The summed E-state index contributed by atoms with van der Waals surface area (Å²) >= 11 is 12.4. The molecule has 144 valence electrons. The summed E-state index contributed by atoms with van der Waals surface area (Å²) in [6.07, 6.45) is 2.92. The molecule has 0 aliphatic heterocycles. The molecule has 0 aliphatic rings. The zero-order valence-electron chi connectivity index (χ0n) is 15.4. The Hall–Kier alpha value is -2.68. The Balaban J connectivity index is 1.86. The summed E-state index contributed by atoms with van der Waals surface area (Å²) in [5.41, 5.74) is 2.70. The summed E-state index contributed by atoms with van der Waals surface area (Å²) in [4.78, 5) is 4.81. The van der Waals surface area contributed by atoms with Crippen LogP contribution >= 0.6 is 23.2 Å². The molecule has 5 nitrogen and oxygen atoms in total. The SMILES string of the molecule is CON=Cc1cc2cc(OCc3c(Cl)cccc3Cl)ccc2n1CCCC#N. The van der Waals surface area contributed by atoms with Crippen LogP contribution in [0.25, 0.3) is 10.9 Å². The number of hydrogen-bond acceptors (Lipinski definition) is 4. The van der Waals surface area contributed by atoms with Gasteiger partial charge in [-0.3, -0.25) is 0 Å². The maximum absolute atomic E-state index is 8.81. The first-order valence-electron chi connectivity index (χ1n) is 8.76. The zero-order chi connectivity index (χ0) is 19.9. The van der Waals surface area contributed by atoms with Gasteiger partial charge in [0, 0.05) is 39.5 Å². The average Bonchev–Trinajstić information content (AvgIpc) is 3.03. The highest BCUT2D eigenvalue weighted by Gasteiger charge is 2.10. The van der Waals surface area contributed by atoms with Gasteiger partial charge in [0.25, 0.3) is 0 Å². The van der Waals surface area contributed by atoms with Gasteiger partial charge >= 0.3 is 0 Å². The van der Waals surface area contributed by atoms with Gasteiger partial charge in [-0.1, -0.05) is 34.4 Å². The first-order chi connectivity index (χ1) is 13.6. The molecule has 0 bridgehead atoms. The Bertz CT molecular complexity index is 1020. The van der Waals surface area contributed by atoms with Crippen LogP contribution in [0.5, 0.6) is 5.75 Å². The minimum atomic E-state index is 0.283. The van der Waals surface area contributed by atoms with Gasteiger partial charge < -0.3 is 14.1 Å². The van der Waals surface area contributed by atoms with Crippen LogP contribution in [0.2, 0.25) is 10.0 Å². The Labute approximate surface area is 173 Å². The molecule has 1 heterocycles. The van der Waals surface area contributed by atoms with Gasteiger partial charge in [-0.15, -0.1) is 0 Å². The van der Waals surface area contributed by atoms with E-state index < -0.39 is 0 Å². The van der Waals surface area contributed by atoms with Gasteiger partial charge in [0.1, 0.15) is 19.5 Å². The first-order valence-corrected chi connectivity index (χ1v) is 9.52. The Morgan fingerprint density at radius 2 is 1.96 bits per heavy atom. The monoisotopic (exact) mass is 415 g/mol. The van der Waals surface area contributed by atoms with Crippen LogP contribution in [0.15, 0.2) is 47.6 Å². The Morgan fingerprint density at radius 1 is 1.18 bits per heavy atom. The van der Waals surface area contributed by atoms with Crippen molar-refractivity contribution in [1.82, 2.24) is 4.57 Å². The van der Waals surface area contributed by atoms with Crippen molar-refractivity contribution >= 4 is 40.3 Å². The van der Waals surface area contributed by atoms with Crippen molar-refractivity contribution in [3.05, 3.63) is 63.8 Å². The Morgan fingerprint density at radius 3 is 2.68 bits per heavy atom. The highest BCUT2D eigenvalue weighted by atomic mass is 35.5. The van der Waals surface area contributed by atoms with E-state index in [2.05, 4.69) is 15.8 Å². The maximum atomic E-state index is 8.81. The summed E-state index contributed by atoms with van der Waals surface area (Å²) < 4.78 is 8.03. The number of unbranched alkanes of at least 4 members (excludes halogenated alkanes) is 1. The van der Waals surface area contributed by atoms with E-state index >= 15 is 0 Å². The second-order valence-corrected chi connectivity index (χ2v) is 6.92. The predicted molar refractivity (Wildman–Crippen MR) is 112 cm³/mol. The number of nitriles is 1. The maximum Gasteiger partial charge on any atom is 0.120 e. The third-order valence-electron chi connectivity index (χ3n) is 4.31. The molecular weight excluding hydrogens is 397 g/mol. The molecule has 0 saturated heterocycles. The van der Waals surface area contributed by atoms with Crippen LogP contribution in [0.3, 0.4) is 0 Å². The lowest BCUT2D eigenvalue weighted by atomic mass is 10.2. The molecular formula is C21H19Cl2N3O2. The molecule has 0 saturated carbocycles. The minimum Gasteiger partial charge on any atom is -0.489 e. The molecule has 0 unspecified atom stereocenters. The van der Waals surface area contributed by atoms with Crippen molar-refractivity contribution in [3.63, 3.8) is 0 Å². The van der Waals surface area contributed by atoms with Gasteiger partial charge in [-0.2, -0.15) is 5.26 Å². The van der Waals surface area contributed by atoms with Crippen LogP contribution in [0.1, 0.15) is 24.1 Å². The number of nitrogens with zero attached hydrogens (tertiary/aromatic N) is 3. The fourth-order valence-corrected chi connectivity index (χ4v) is 3.47. The van der Waals surface area contributed by atoms with Crippen LogP contribution in [0, 0.1) is 11.3 Å². The van der Waals surface area contributed by atoms with Gasteiger partial charge in [-0.25, -0.2) is 0 Å². The third kappa shape index (κ3) is 4.59. The van der Waals surface area contributed by atoms with Crippen molar-refractivity contribution in [2.75, 3.05) is 7.11 Å². The van der Waals surface area contributed by atoms with E-state index in [1.165, 1.54) is 7.11 Å². The number of halogens is 2. The molecule has 0 radical (unpaired) electrons. The zero-order valence-corrected chi connectivity index (χ0v) is 16.9. The molecule has 1 aromatic heterocycles. The van der Waals surface area contributed by atoms with Crippen molar-refractivity contribution in [2.24, 2.45) is 5.16 Å². The molecule has 3 rings (SSSR count). The summed E-state index contributed by atoms with van der Waals surface area (Å²) in [6, 6.07) is 15.4. The fourth-order valence-electron chi connectivity index (χ4n) is 2.97. The first kappa shape index (κ1) is 20.1. The van der Waals surface area contributed by atoms with E-state index in [4.69, 9.17) is 38.0 Å². The van der Waals surface area contributed by atoms with E-state index in [9.17, 15) is 0 Å². The van der Waals surface area contributed by atoms with E-state index in [0.717, 1.165) is 35.1 Å². The molecule has 2 aromatic carbocycles. The third-order valence-corrected chi connectivity index (χ3v) is 5.02. The lowest BCUT2D eigenvalue weighted by molar-refractivity contribution is 0.215. The fraction of sp³-hybridized carbons (Fsp3) is 0.238. The van der Waals surface area contributed by atoms with Crippen LogP contribution in [0.4, 0.5) is 0 Å².